The molecule has 2 aromatic heterocycles. The Kier molecular flexibility index (Phi) is 4.97. The second-order valence-electron chi connectivity index (χ2n) is 4.05. The molecule has 0 aliphatic carbocycles. The zero-order valence-corrected chi connectivity index (χ0v) is 12.0. The van der Waals surface area contributed by atoms with Crippen LogP contribution < -0.4 is 10.6 Å². The van der Waals surface area contributed by atoms with Crippen molar-refractivity contribution in [3.05, 3.63) is 40.2 Å². The SMILES string of the molecule is CN=C(NCCc1ncc(C)s1)NCc1ccco1. The Morgan fingerprint density at radius 2 is 2.37 bits per heavy atom. The average Bonchev–Trinajstić information content (AvgIpc) is 3.05. The van der Waals surface area contributed by atoms with E-state index in [2.05, 4.69) is 27.5 Å². The molecule has 19 heavy (non-hydrogen) atoms. The Bertz CT molecular complexity index is 518. The summed E-state index contributed by atoms with van der Waals surface area (Å²) in [6.45, 7) is 3.51. The molecule has 2 heterocycles. The molecule has 0 aliphatic rings. The van der Waals surface area contributed by atoms with Crippen LogP contribution in [0.4, 0.5) is 0 Å². The highest BCUT2D eigenvalue weighted by Gasteiger charge is 2.01. The summed E-state index contributed by atoms with van der Waals surface area (Å²) in [5.41, 5.74) is 0. The zero-order valence-electron chi connectivity index (χ0n) is 11.1. The fraction of sp³-hybridized carbons (Fsp3) is 0.385. The van der Waals surface area contributed by atoms with Crippen LogP contribution in [-0.4, -0.2) is 24.5 Å². The van der Waals surface area contributed by atoms with Gasteiger partial charge in [0.1, 0.15) is 5.76 Å². The lowest BCUT2D eigenvalue weighted by atomic mass is 10.4. The zero-order chi connectivity index (χ0) is 13.5. The molecular formula is C13H18N4OS. The molecule has 0 spiro atoms. The van der Waals surface area contributed by atoms with Crippen LogP contribution in [0.5, 0.6) is 0 Å². The predicted molar refractivity (Wildman–Crippen MR) is 77.5 cm³/mol. The first kappa shape index (κ1) is 13.6. The number of guanidine groups is 1. The third-order valence-electron chi connectivity index (χ3n) is 2.53. The lowest BCUT2D eigenvalue weighted by Gasteiger charge is -2.09. The highest BCUT2D eigenvalue weighted by molar-refractivity contribution is 7.11. The van der Waals surface area contributed by atoms with E-state index in [0.717, 1.165) is 29.7 Å². The standard InChI is InChI=1S/C13H18N4OS/c1-10-8-16-12(19-10)5-6-15-13(14-2)17-9-11-4-3-7-18-11/h3-4,7-8H,5-6,9H2,1-2H3,(H2,14,15,17). The summed E-state index contributed by atoms with van der Waals surface area (Å²) in [6.07, 6.45) is 4.47. The van der Waals surface area contributed by atoms with Gasteiger partial charge in [0.2, 0.25) is 0 Å². The Labute approximate surface area is 116 Å². The first-order chi connectivity index (χ1) is 9.28. The van der Waals surface area contributed by atoms with E-state index in [1.165, 1.54) is 4.88 Å². The fourth-order valence-corrected chi connectivity index (χ4v) is 2.40. The molecule has 0 saturated carbocycles. The molecule has 0 amide bonds. The molecule has 0 saturated heterocycles. The van der Waals surface area contributed by atoms with E-state index in [4.69, 9.17) is 4.42 Å². The van der Waals surface area contributed by atoms with E-state index in [-0.39, 0.29) is 0 Å². The molecule has 0 fully saturated rings. The van der Waals surface area contributed by atoms with E-state index in [9.17, 15) is 0 Å². The predicted octanol–water partition coefficient (Wildman–Crippen LogP) is 1.95. The molecule has 0 atom stereocenters. The van der Waals surface area contributed by atoms with Crippen molar-refractivity contribution in [2.75, 3.05) is 13.6 Å². The summed E-state index contributed by atoms with van der Waals surface area (Å²) < 4.78 is 5.25. The summed E-state index contributed by atoms with van der Waals surface area (Å²) in [5.74, 6) is 1.66. The van der Waals surface area contributed by atoms with Gasteiger partial charge in [0, 0.05) is 31.1 Å². The van der Waals surface area contributed by atoms with Crippen molar-refractivity contribution in [2.45, 2.75) is 19.9 Å². The first-order valence-corrected chi connectivity index (χ1v) is 6.98. The van der Waals surface area contributed by atoms with Gasteiger partial charge in [0.05, 0.1) is 17.8 Å². The van der Waals surface area contributed by atoms with Crippen molar-refractivity contribution in [2.24, 2.45) is 4.99 Å². The molecule has 2 N–H and O–H groups in total. The van der Waals surface area contributed by atoms with Gasteiger partial charge in [-0.2, -0.15) is 0 Å². The highest BCUT2D eigenvalue weighted by Crippen LogP contribution is 2.10. The van der Waals surface area contributed by atoms with Crippen molar-refractivity contribution in [1.82, 2.24) is 15.6 Å². The number of aliphatic imine (C=N–C) groups is 1. The number of aromatic nitrogens is 1. The Balaban J connectivity index is 1.71. The normalized spacial score (nSPS) is 11.6. The van der Waals surface area contributed by atoms with E-state index in [1.807, 2.05) is 18.3 Å². The van der Waals surface area contributed by atoms with E-state index >= 15 is 0 Å². The summed E-state index contributed by atoms with van der Waals surface area (Å²) in [6, 6.07) is 3.80. The van der Waals surface area contributed by atoms with Crippen LogP contribution in [0.3, 0.4) is 0 Å². The lowest BCUT2D eigenvalue weighted by Crippen LogP contribution is -2.37. The molecule has 2 aromatic rings. The molecule has 0 aliphatic heterocycles. The molecule has 0 bridgehead atoms. The van der Waals surface area contributed by atoms with Crippen LogP contribution in [0.1, 0.15) is 15.6 Å². The van der Waals surface area contributed by atoms with Gasteiger partial charge >= 0.3 is 0 Å². The first-order valence-electron chi connectivity index (χ1n) is 6.16. The number of rotatable bonds is 5. The number of furan rings is 1. The maximum atomic E-state index is 5.25. The van der Waals surface area contributed by atoms with Gasteiger partial charge in [0.25, 0.3) is 0 Å². The van der Waals surface area contributed by atoms with E-state index < -0.39 is 0 Å². The van der Waals surface area contributed by atoms with Crippen LogP contribution in [0.2, 0.25) is 0 Å². The molecule has 5 nitrogen and oxygen atoms in total. The minimum atomic E-state index is 0.628. The second-order valence-corrected chi connectivity index (χ2v) is 5.37. The van der Waals surface area contributed by atoms with E-state index in [0.29, 0.717) is 6.54 Å². The monoisotopic (exact) mass is 278 g/mol. The third kappa shape index (κ3) is 4.40. The van der Waals surface area contributed by atoms with Gasteiger partial charge in [-0.1, -0.05) is 0 Å². The number of hydrogen-bond donors (Lipinski definition) is 2. The molecule has 2 rings (SSSR count). The number of hydrogen-bond acceptors (Lipinski definition) is 4. The van der Waals surface area contributed by atoms with Crippen molar-refractivity contribution in [1.29, 1.82) is 0 Å². The van der Waals surface area contributed by atoms with Crippen LogP contribution in [0.15, 0.2) is 34.0 Å². The summed E-state index contributed by atoms with van der Waals surface area (Å²) >= 11 is 1.73. The minimum absolute atomic E-state index is 0.628. The Morgan fingerprint density at radius 1 is 1.47 bits per heavy atom. The topological polar surface area (TPSA) is 62.5 Å². The number of nitrogens with zero attached hydrogens (tertiary/aromatic N) is 2. The Morgan fingerprint density at radius 3 is 3.00 bits per heavy atom. The Hall–Kier alpha value is -1.82. The average molecular weight is 278 g/mol. The summed E-state index contributed by atoms with van der Waals surface area (Å²) in [7, 11) is 1.75. The van der Waals surface area contributed by atoms with Gasteiger partial charge in [-0.3, -0.25) is 4.99 Å². The molecule has 0 radical (unpaired) electrons. The fourth-order valence-electron chi connectivity index (χ4n) is 1.61. The number of nitrogens with one attached hydrogen (secondary N) is 2. The number of thiazole rings is 1. The van der Waals surface area contributed by atoms with Crippen LogP contribution >= 0.6 is 11.3 Å². The second kappa shape index (κ2) is 6.94. The molecule has 0 unspecified atom stereocenters. The maximum Gasteiger partial charge on any atom is 0.191 e. The molecule has 0 aromatic carbocycles. The summed E-state index contributed by atoms with van der Waals surface area (Å²) in [4.78, 5) is 9.73. The van der Waals surface area contributed by atoms with E-state index in [1.54, 1.807) is 24.6 Å². The minimum Gasteiger partial charge on any atom is -0.467 e. The molecule has 102 valence electrons. The van der Waals surface area contributed by atoms with Crippen LogP contribution in [0.25, 0.3) is 0 Å². The summed E-state index contributed by atoms with van der Waals surface area (Å²) in [5, 5.41) is 7.59. The number of aryl methyl sites for hydroxylation is 1. The largest absolute Gasteiger partial charge is 0.467 e. The third-order valence-corrected chi connectivity index (χ3v) is 3.51. The molecule has 6 heteroatoms. The van der Waals surface area contributed by atoms with Crippen molar-refractivity contribution < 1.29 is 4.42 Å². The lowest BCUT2D eigenvalue weighted by molar-refractivity contribution is 0.501. The van der Waals surface area contributed by atoms with Gasteiger partial charge in [0.15, 0.2) is 5.96 Å². The van der Waals surface area contributed by atoms with Gasteiger partial charge in [-0.25, -0.2) is 4.98 Å². The van der Waals surface area contributed by atoms with Crippen LogP contribution in [0, 0.1) is 6.92 Å². The van der Waals surface area contributed by atoms with Gasteiger partial charge < -0.3 is 15.1 Å². The maximum absolute atomic E-state index is 5.25. The van der Waals surface area contributed by atoms with Gasteiger partial charge in [-0.05, 0) is 19.1 Å². The van der Waals surface area contributed by atoms with Crippen molar-refractivity contribution in [3.63, 3.8) is 0 Å². The quantitative estimate of drug-likeness (QED) is 0.648. The highest BCUT2D eigenvalue weighted by atomic mass is 32.1. The van der Waals surface area contributed by atoms with Gasteiger partial charge in [-0.15, -0.1) is 11.3 Å². The molecular weight excluding hydrogens is 260 g/mol. The smallest absolute Gasteiger partial charge is 0.191 e. The van der Waals surface area contributed by atoms with Crippen molar-refractivity contribution in [3.8, 4) is 0 Å². The van der Waals surface area contributed by atoms with Crippen molar-refractivity contribution >= 4 is 17.3 Å². The van der Waals surface area contributed by atoms with Crippen LogP contribution in [-0.2, 0) is 13.0 Å².